The van der Waals surface area contributed by atoms with Gasteiger partial charge in [0.2, 0.25) is 21.8 Å². The lowest BCUT2D eigenvalue weighted by molar-refractivity contribution is -0.139. The van der Waals surface area contributed by atoms with Crippen molar-refractivity contribution in [2.75, 3.05) is 24.2 Å². The molecule has 0 radical (unpaired) electrons. The lowest BCUT2D eigenvalue weighted by Crippen LogP contribution is -2.50. The molecule has 7 nitrogen and oxygen atoms in total. The average molecular weight is 522 g/mol. The number of nitrogens with one attached hydrogen (secondary N) is 1. The van der Waals surface area contributed by atoms with E-state index in [9.17, 15) is 18.0 Å². The first kappa shape index (κ1) is 25.8. The van der Waals surface area contributed by atoms with Crippen molar-refractivity contribution in [3.05, 3.63) is 76.3 Å². The maximum atomic E-state index is 13.5. The first-order valence-corrected chi connectivity index (χ1v) is 13.0. The van der Waals surface area contributed by atoms with E-state index in [1.807, 2.05) is 18.2 Å². The van der Waals surface area contributed by atoms with Crippen LogP contribution in [0.1, 0.15) is 12.5 Å². The molecule has 3 aromatic carbocycles. The van der Waals surface area contributed by atoms with E-state index in [1.165, 1.54) is 11.9 Å². The summed E-state index contributed by atoms with van der Waals surface area (Å²) in [6.45, 7) is 1.08. The molecule has 3 rings (SSSR count). The van der Waals surface area contributed by atoms with E-state index in [0.717, 1.165) is 15.9 Å². The van der Waals surface area contributed by atoms with E-state index in [2.05, 4.69) is 5.32 Å². The number of carbonyl (C=O) groups is 2. The zero-order chi connectivity index (χ0) is 25.0. The average Bonchev–Trinajstić information content (AvgIpc) is 2.80. The summed E-state index contributed by atoms with van der Waals surface area (Å²) in [5.74, 6) is -0.949. The Morgan fingerprint density at radius 2 is 1.71 bits per heavy atom. The summed E-state index contributed by atoms with van der Waals surface area (Å²) in [6.07, 6.45) is 1.05. The van der Waals surface area contributed by atoms with Crippen LogP contribution in [0.3, 0.4) is 0 Å². The van der Waals surface area contributed by atoms with Gasteiger partial charge in [0.05, 0.1) is 11.9 Å². The monoisotopic (exact) mass is 521 g/mol. The summed E-state index contributed by atoms with van der Waals surface area (Å²) in [5.41, 5.74) is 0.956. The van der Waals surface area contributed by atoms with Crippen LogP contribution in [0.5, 0.6) is 0 Å². The van der Waals surface area contributed by atoms with Crippen molar-refractivity contribution in [3.63, 3.8) is 0 Å². The number of benzene rings is 3. The van der Waals surface area contributed by atoms with Crippen molar-refractivity contribution in [1.82, 2.24) is 10.2 Å². The minimum Gasteiger partial charge on any atom is -0.357 e. The SMILES string of the molecule is CNC(=O)[C@@H](C)N(Cc1ccc(Cl)cc1Cl)C(=O)CN(c1cccc2ccccc12)S(C)(=O)=O. The van der Waals surface area contributed by atoms with Gasteiger partial charge >= 0.3 is 0 Å². The van der Waals surface area contributed by atoms with Crippen molar-refractivity contribution < 1.29 is 18.0 Å². The Bertz CT molecular complexity index is 1330. The molecule has 3 aromatic rings. The fourth-order valence-corrected chi connectivity index (χ4v) is 4.98. The smallest absolute Gasteiger partial charge is 0.244 e. The molecule has 1 atom stereocenters. The molecule has 0 aromatic heterocycles. The second-order valence-corrected chi connectivity index (χ2v) is 10.6. The maximum absolute atomic E-state index is 13.5. The summed E-state index contributed by atoms with van der Waals surface area (Å²) in [7, 11) is -2.37. The molecule has 10 heteroatoms. The van der Waals surface area contributed by atoms with Crippen LogP contribution >= 0.6 is 23.2 Å². The number of likely N-dealkylation sites (N-methyl/N-ethyl adjacent to an activating group) is 1. The molecule has 0 aliphatic carbocycles. The number of hydrogen-bond donors (Lipinski definition) is 1. The number of halogens is 2. The summed E-state index contributed by atoms with van der Waals surface area (Å²) in [5, 5.41) is 4.83. The third-order valence-electron chi connectivity index (χ3n) is 5.48. The van der Waals surface area contributed by atoms with Crippen molar-refractivity contribution in [3.8, 4) is 0 Å². The molecule has 0 spiro atoms. The van der Waals surface area contributed by atoms with Gasteiger partial charge in [-0.05, 0) is 36.1 Å². The molecule has 0 saturated heterocycles. The second-order valence-electron chi connectivity index (χ2n) is 7.82. The highest BCUT2D eigenvalue weighted by Gasteiger charge is 2.30. The molecule has 0 heterocycles. The zero-order valence-corrected chi connectivity index (χ0v) is 21.3. The molecule has 180 valence electrons. The van der Waals surface area contributed by atoms with Crippen molar-refractivity contribution in [1.29, 1.82) is 0 Å². The molecule has 0 aliphatic rings. The van der Waals surface area contributed by atoms with Crippen LogP contribution in [-0.2, 0) is 26.2 Å². The summed E-state index contributed by atoms with van der Waals surface area (Å²) >= 11 is 12.3. The quantitative estimate of drug-likeness (QED) is 0.483. The van der Waals surface area contributed by atoms with E-state index < -0.39 is 34.4 Å². The summed E-state index contributed by atoms with van der Waals surface area (Å²) < 4.78 is 26.6. The Morgan fingerprint density at radius 1 is 1.03 bits per heavy atom. The summed E-state index contributed by atoms with van der Waals surface area (Å²) in [4.78, 5) is 27.3. The Hall–Kier alpha value is -2.81. The molecule has 1 N–H and O–H groups in total. The van der Waals surface area contributed by atoms with Crippen LogP contribution in [0.25, 0.3) is 10.8 Å². The van der Waals surface area contributed by atoms with Gasteiger partial charge in [0.25, 0.3) is 0 Å². The topological polar surface area (TPSA) is 86.8 Å². The van der Waals surface area contributed by atoms with Gasteiger partial charge in [-0.25, -0.2) is 8.42 Å². The van der Waals surface area contributed by atoms with Gasteiger partial charge in [0.15, 0.2) is 0 Å². The highest BCUT2D eigenvalue weighted by Crippen LogP contribution is 2.29. The van der Waals surface area contributed by atoms with Gasteiger partial charge < -0.3 is 10.2 Å². The number of anilines is 1. The predicted octanol–water partition coefficient (Wildman–Crippen LogP) is 4.08. The molecule has 0 bridgehead atoms. The van der Waals surface area contributed by atoms with Crippen molar-refractivity contribution in [2.45, 2.75) is 19.5 Å². The van der Waals surface area contributed by atoms with Gasteiger partial charge in [0, 0.05) is 29.0 Å². The molecular formula is C24H25Cl2N3O4S. The highest BCUT2D eigenvalue weighted by molar-refractivity contribution is 7.92. The third-order valence-corrected chi connectivity index (χ3v) is 7.20. The molecular weight excluding hydrogens is 497 g/mol. The standard InChI is InChI=1S/C24H25Cl2N3O4S/c1-16(24(31)27-2)28(14-18-11-12-19(25)13-21(18)26)23(30)15-29(34(3,32)33)22-10-6-8-17-7-4-5-9-20(17)22/h4-13,16H,14-15H2,1-3H3,(H,27,31)/t16-/m1/s1. The molecule has 34 heavy (non-hydrogen) atoms. The first-order valence-electron chi connectivity index (χ1n) is 10.4. The molecule has 0 fully saturated rings. The van der Waals surface area contributed by atoms with Crippen molar-refractivity contribution in [2.24, 2.45) is 0 Å². The van der Waals surface area contributed by atoms with Gasteiger partial charge in [-0.15, -0.1) is 0 Å². The molecule has 2 amide bonds. The number of rotatable bonds is 8. The van der Waals surface area contributed by atoms with Crippen LogP contribution in [0.2, 0.25) is 10.0 Å². The van der Waals surface area contributed by atoms with Crippen LogP contribution in [0, 0.1) is 0 Å². The molecule has 0 unspecified atom stereocenters. The number of amides is 2. The normalized spacial score (nSPS) is 12.3. The Morgan fingerprint density at radius 3 is 2.35 bits per heavy atom. The predicted molar refractivity (Wildman–Crippen MR) is 137 cm³/mol. The van der Waals surface area contributed by atoms with E-state index in [4.69, 9.17) is 23.2 Å². The lowest BCUT2D eigenvalue weighted by Gasteiger charge is -2.31. The van der Waals surface area contributed by atoms with E-state index in [0.29, 0.717) is 26.7 Å². The van der Waals surface area contributed by atoms with Crippen LogP contribution < -0.4 is 9.62 Å². The second kappa shape index (κ2) is 10.6. The fourth-order valence-electron chi connectivity index (χ4n) is 3.65. The van der Waals surface area contributed by atoms with Gasteiger partial charge in [0.1, 0.15) is 12.6 Å². The van der Waals surface area contributed by atoms with E-state index >= 15 is 0 Å². The lowest BCUT2D eigenvalue weighted by atomic mass is 10.1. The maximum Gasteiger partial charge on any atom is 0.244 e. The number of nitrogens with zero attached hydrogens (tertiary/aromatic N) is 2. The minimum atomic E-state index is -3.83. The van der Waals surface area contributed by atoms with Crippen molar-refractivity contribution >= 4 is 61.5 Å². The van der Waals surface area contributed by atoms with Crippen LogP contribution in [0.15, 0.2) is 60.7 Å². The van der Waals surface area contributed by atoms with E-state index in [-0.39, 0.29) is 6.54 Å². The minimum absolute atomic E-state index is 0.00341. The van der Waals surface area contributed by atoms with Crippen LogP contribution in [-0.4, -0.2) is 51.0 Å². The third kappa shape index (κ3) is 5.81. The first-order chi connectivity index (χ1) is 16.0. The Labute approximate surface area is 209 Å². The number of sulfonamides is 1. The number of carbonyl (C=O) groups excluding carboxylic acids is 2. The highest BCUT2D eigenvalue weighted by atomic mass is 35.5. The Kier molecular flexibility index (Phi) is 8.07. The number of fused-ring (bicyclic) bond motifs is 1. The molecule has 0 saturated carbocycles. The largest absolute Gasteiger partial charge is 0.357 e. The zero-order valence-electron chi connectivity index (χ0n) is 19.0. The molecule has 0 aliphatic heterocycles. The van der Waals surface area contributed by atoms with Gasteiger partial charge in [-0.2, -0.15) is 0 Å². The van der Waals surface area contributed by atoms with Gasteiger partial charge in [-0.1, -0.05) is 65.7 Å². The fraction of sp³-hybridized carbons (Fsp3) is 0.250. The summed E-state index contributed by atoms with van der Waals surface area (Å²) in [6, 6.07) is 16.5. The number of hydrogen-bond acceptors (Lipinski definition) is 4. The van der Waals surface area contributed by atoms with Gasteiger partial charge in [-0.3, -0.25) is 13.9 Å². The van der Waals surface area contributed by atoms with E-state index in [1.54, 1.807) is 49.4 Å². The van der Waals surface area contributed by atoms with Crippen LogP contribution in [0.4, 0.5) is 5.69 Å². The Balaban J connectivity index is 2.02.